The molecule has 0 radical (unpaired) electrons. The van der Waals surface area contributed by atoms with Gasteiger partial charge in [-0.3, -0.25) is 9.97 Å². The molecule has 124 valence electrons. The van der Waals surface area contributed by atoms with Gasteiger partial charge in [-0.15, -0.1) is 5.10 Å². The molecule has 10 heteroatoms. The van der Waals surface area contributed by atoms with Crippen LogP contribution in [0.1, 0.15) is 11.7 Å². The Kier molecular flexibility index (Phi) is 4.47. The summed E-state index contributed by atoms with van der Waals surface area (Å²) in [5.74, 6) is -0.387. The van der Waals surface area contributed by atoms with Crippen LogP contribution in [0.15, 0.2) is 43.0 Å². The van der Waals surface area contributed by atoms with E-state index in [1.165, 1.54) is 36.7 Å². The molecule has 7 nitrogen and oxygen atoms in total. The smallest absolute Gasteiger partial charge is 0.266 e. The highest BCUT2D eigenvalue weighted by Gasteiger charge is 2.32. The van der Waals surface area contributed by atoms with Crippen LogP contribution in [-0.2, 0) is 0 Å². The van der Waals surface area contributed by atoms with Crippen molar-refractivity contribution in [2.24, 2.45) is 0 Å². The number of tetrazole rings is 1. The van der Waals surface area contributed by atoms with E-state index < -0.39 is 18.6 Å². The SMILES string of the molecule is OC(C(F)F)C(c1cnc(-c2ccc(F)cc2)cn1)n1cnnn1. The molecule has 0 spiro atoms. The molecule has 0 saturated carbocycles. The molecule has 2 aromatic heterocycles. The Balaban J connectivity index is 1.93. The van der Waals surface area contributed by atoms with E-state index in [-0.39, 0.29) is 11.5 Å². The highest BCUT2D eigenvalue weighted by molar-refractivity contribution is 5.57. The fraction of sp³-hybridized carbons (Fsp3) is 0.214. The number of hydrogen-bond acceptors (Lipinski definition) is 6. The first-order chi connectivity index (χ1) is 11.6. The molecule has 0 aliphatic rings. The molecule has 2 atom stereocenters. The minimum Gasteiger partial charge on any atom is -0.384 e. The number of benzene rings is 1. The van der Waals surface area contributed by atoms with Crippen LogP contribution in [0.5, 0.6) is 0 Å². The first-order valence-corrected chi connectivity index (χ1v) is 6.83. The lowest BCUT2D eigenvalue weighted by molar-refractivity contribution is -0.0292. The molecule has 2 unspecified atom stereocenters. The van der Waals surface area contributed by atoms with Crippen molar-refractivity contribution in [2.45, 2.75) is 18.6 Å². The van der Waals surface area contributed by atoms with Gasteiger partial charge in [0.05, 0.1) is 23.8 Å². The van der Waals surface area contributed by atoms with E-state index in [0.29, 0.717) is 11.3 Å². The van der Waals surface area contributed by atoms with Crippen LogP contribution in [0.2, 0.25) is 0 Å². The zero-order valence-corrected chi connectivity index (χ0v) is 12.0. The second kappa shape index (κ2) is 6.71. The Morgan fingerprint density at radius 3 is 2.33 bits per heavy atom. The fourth-order valence-electron chi connectivity index (χ4n) is 2.16. The number of halogens is 3. The third kappa shape index (κ3) is 3.23. The van der Waals surface area contributed by atoms with E-state index in [1.54, 1.807) is 0 Å². The maximum absolute atomic E-state index is 12.9. The van der Waals surface area contributed by atoms with Crippen molar-refractivity contribution in [3.05, 3.63) is 54.5 Å². The second-order valence-electron chi connectivity index (χ2n) is 4.89. The normalized spacial score (nSPS) is 13.9. The zero-order chi connectivity index (χ0) is 17.1. The van der Waals surface area contributed by atoms with Crippen molar-refractivity contribution < 1.29 is 18.3 Å². The molecule has 3 rings (SSSR count). The molecule has 24 heavy (non-hydrogen) atoms. The summed E-state index contributed by atoms with van der Waals surface area (Å²) in [5, 5.41) is 20.0. The molecule has 2 heterocycles. The lowest BCUT2D eigenvalue weighted by Gasteiger charge is -2.21. The van der Waals surface area contributed by atoms with Gasteiger partial charge >= 0.3 is 0 Å². The maximum Gasteiger partial charge on any atom is 0.266 e. The van der Waals surface area contributed by atoms with Gasteiger partial charge in [0.25, 0.3) is 6.43 Å². The van der Waals surface area contributed by atoms with Gasteiger partial charge in [-0.25, -0.2) is 17.9 Å². The molecule has 1 aromatic carbocycles. The summed E-state index contributed by atoms with van der Waals surface area (Å²) in [5.41, 5.74) is 1.12. The Morgan fingerprint density at radius 2 is 1.79 bits per heavy atom. The monoisotopic (exact) mass is 336 g/mol. The predicted octanol–water partition coefficient (Wildman–Crippen LogP) is 1.48. The molecule has 0 aliphatic carbocycles. The summed E-state index contributed by atoms with van der Waals surface area (Å²) in [6.07, 6.45) is -1.38. The highest BCUT2D eigenvalue weighted by atomic mass is 19.3. The Hall–Kier alpha value is -2.88. The average Bonchev–Trinajstić information content (AvgIpc) is 3.10. The van der Waals surface area contributed by atoms with Crippen LogP contribution < -0.4 is 0 Å². The molecule has 0 aliphatic heterocycles. The average molecular weight is 336 g/mol. The molecular weight excluding hydrogens is 325 g/mol. The first kappa shape index (κ1) is 16.0. The van der Waals surface area contributed by atoms with Crippen molar-refractivity contribution in [3.63, 3.8) is 0 Å². The van der Waals surface area contributed by atoms with E-state index in [0.717, 1.165) is 11.0 Å². The quantitative estimate of drug-likeness (QED) is 0.759. The van der Waals surface area contributed by atoms with Crippen molar-refractivity contribution in [1.82, 2.24) is 30.2 Å². The van der Waals surface area contributed by atoms with Gasteiger partial charge in [0.2, 0.25) is 0 Å². The summed E-state index contributed by atoms with van der Waals surface area (Å²) in [6.45, 7) is 0. The van der Waals surface area contributed by atoms with Crippen molar-refractivity contribution >= 4 is 0 Å². The highest BCUT2D eigenvalue weighted by Crippen LogP contribution is 2.24. The fourth-order valence-corrected chi connectivity index (χ4v) is 2.16. The maximum atomic E-state index is 12.9. The van der Waals surface area contributed by atoms with E-state index in [1.807, 2.05) is 0 Å². The standard InChI is InChI=1S/C14H11F3N6O/c15-9-3-1-8(2-4-9)10-5-19-11(6-18-10)12(13(24)14(16)17)23-7-20-21-22-23/h1-7,12-14,24H. The van der Waals surface area contributed by atoms with Gasteiger partial charge in [0.1, 0.15) is 24.3 Å². The summed E-state index contributed by atoms with van der Waals surface area (Å²) < 4.78 is 39.8. The van der Waals surface area contributed by atoms with Crippen LogP contribution in [-0.4, -0.2) is 47.8 Å². The van der Waals surface area contributed by atoms with Crippen LogP contribution in [0.4, 0.5) is 13.2 Å². The summed E-state index contributed by atoms with van der Waals surface area (Å²) >= 11 is 0. The van der Waals surface area contributed by atoms with Crippen LogP contribution >= 0.6 is 0 Å². The molecular formula is C14H11F3N6O. The van der Waals surface area contributed by atoms with E-state index in [2.05, 4.69) is 25.5 Å². The molecule has 3 aromatic rings. The lowest BCUT2D eigenvalue weighted by Crippen LogP contribution is -2.32. The summed E-state index contributed by atoms with van der Waals surface area (Å²) in [7, 11) is 0. The van der Waals surface area contributed by atoms with Gasteiger partial charge < -0.3 is 5.11 Å². The van der Waals surface area contributed by atoms with Gasteiger partial charge in [-0.1, -0.05) is 0 Å². The number of aliphatic hydroxyl groups is 1. The predicted molar refractivity (Wildman–Crippen MR) is 75.4 cm³/mol. The number of hydrogen-bond donors (Lipinski definition) is 1. The van der Waals surface area contributed by atoms with Crippen molar-refractivity contribution in [3.8, 4) is 11.3 Å². The Morgan fingerprint density at radius 1 is 1.04 bits per heavy atom. The summed E-state index contributed by atoms with van der Waals surface area (Å²) in [4.78, 5) is 8.20. The molecule has 0 fully saturated rings. The number of aliphatic hydroxyl groups excluding tert-OH is 1. The molecule has 1 N–H and O–H groups in total. The largest absolute Gasteiger partial charge is 0.384 e. The zero-order valence-electron chi connectivity index (χ0n) is 12.0. The van der Waals surface area contributed by atoms with Crippen LogP contribution in [0, 0.1) is 5.82 Å². The number of alkyl halides is 2. The number of rotatable bonds is 5. The van der Waals surface area contributed by atoms with Gasteiger partial charge in [0.15, 0.2) is 0 Å². The number of nitrogens with zero attached hydrogens (tertiary/aromatic N) is 6. The van der Waals surface area contributed by atoms with Gasteiger partial charge in [-0.2, -0.15) is 0 Å². The van der Waals surface area contributed by atoms with Crippen molar-refractivity contribution in [1.29, 1.82) is 0 Å². The van der Waals surface area contributed by atoms with Crippen molar-refractivity contribution in [2.75, 3.05) is 0 Å². The Bertz CT molecular complexity index is 779. The van der Waals surface area contributed by atoms with E-state index in [9.17, 15) is 18.3 Å². The second-order valence-corrected chi connectivity index (χ2v) is 4.89. The van der Waals surface area contributed by atoms with Gasteiger partial charge in [-0.05, 0) is 34.7 Å². The minimum atomic E-state index is -3.02. The topological polar surface area (TPSA) is 89.6 Å². The van der Waals surface area contributed by atoms with E-state index >= 15 is 0 Å². The molecule has 0 amide bonds. The first-order valence-electron chi connectivity index (χ1n) is 6.83. The van der Waals surface area contributed by atoms with Crippen LogP contribution in [0.25, 0.3) is 11.3 Å². The summed E-state index contributed by atoms with van der Waals surface area (Å²) in [6, 6.07) is 4.30. The minimum absolute atomic E-state index is 0.0703. The molecule has 0 bridgehead atoms. The lowest BCUT2D eigenvalue weighted by atomic mass is 10.1. The third-order valence-corrected chi connectivity index (χ3v) is 3.35. The number of aromatic nitrogens is 6. The molecule has 0 saturated heterocycles. The third-order valence-electron chi connectivity index (χ3n) is 3.35. The Labute approximate surface area is 133 Å². The van der Waals surface area contributed by atoms with E-state index in [4.69, 9.17) is 0 Å². The van der Waals surface area contributed by atoms with Gasteiger partial charge in [0, 0.05) is 5.56 Å². The van der Waals surface area contributed by atoms with Crippen LogP contribution in [0.3, 0.4) is 0 Å².